The summed E-state index contributed by atoms with van der Waals surface area (Å²) in [4.78, 5) is 21.0. The molecule has 0 unspecified atom stereocenters. The molecule has 1 amide bonds. The SMILES string of the molecule is Cc1ccc(NC(=O)c2cccnc2SCc2ccc(F)cc2)nc1. The Balaban J connectivity index is 1.72. The van der Waals surface area contributed by atoms with E-state index in [9.17, 15) is 9.18 Å². The molecule has 0 spiro atoms. The Labute approximate surface area is 149 Å². The minimum Gasteiger partial charge on any atom is -0.306 e. The summed E-state index contributed by atoms with van der Waals surface area (Å²) >= 11 is 1.43. The van der Waals surface area contributed by atoms with Crippen LogP contribution >= 0.6 is 11.8 Å². The second-order valence-electron chi connectivity index (χ2n) is 5.45. The molecule has 25 heavy (non-hydrogen) atoms. The number of carbonyl (C=O) groups is 1. The number of nitrogens with zero attached hydrogens (tertiary/aromatic N) is 2. The van der Waals surface area contributed by atoms with Gasteiger partial charge in [0, 0.05) is 18.1 Å². The standard InChI is InChI=1S/C19H16FN3OS/c1-13-4-9-17(22-11-13)23-18(24)16-3-2-10-21-19(16)25-12-14-5-7-15(20)8-6-14/h2-11H,12H2,1H3,(H,22,23,24). The molecule has 0 fully saturated rings. The van der Waals surface area contributed by atoms with E-state index in [1.165, 1.54) is 23.9 Å². The predicted molar refractivity (Wildman–Crippen MR) is 97.1 cm³/mol. The normalized spacial score (nSPS) is 10.5. The number of nitrogens with one attached hydrogen (secondary N) is 1. The van der Waals surface area contributed by atoms with Crippen LogP contribution in [0, 0.1) is 12.7 Å². The lowest BCUT2D eigenvalue weighted by atomic mass is 10.2. The third-order valence-electron chi connectivity index (χ3n) is 3.46. The van der Waals surface area contributed by atoms with Gasteiger partial charge in [0.15, 0.2) is 0 Å². The molecule has 3 rings (SSSR count). The summed E-state index contributed by atoms with van der Waals surface area (Å²) in [6.45, 7) is 1.93. The number of hydrogen-bond donors (Lipinski definition) is 1. The first-order valence-electron chi connectivity index (χ1n) is 7.68. The number of aromatic nitrogens is 2. The van der Waals surface area contributed by atoms with Crippen molar-refractivity contribution in [2.45, 2.75) is 17.7 Å². The molecule has 126 valence electrons. The molecule has 0 aliphatic heterocycles. The van der Waals surface area contributed by atoms with Crippen LogP contribution in [0.25, 0.3) is 0 Å². The molecule has 1 N–H and O–H groups in total. The summed E-state index contributed by atoms with van der Waals surface area (Å²) in [5, 5.41) is 3.40. The van der Waals surface area contributed by atoms with Crippen LogP contribution in [-0.2, 0) is 5.75 Å². The fourth-order valence-electron chi connectivity index (χ4n) is 2.14. The van der Waals surface area contributed by atoms with Crippen molar-refractivity contribution in [3.8, 4) is 0 Å². The third-order valence-corrected chi connectivity index (χ3v) is 4.53. The fraction of sp³-hybridized carbons (Fsp3) is 0.105. The van der Waals surface area contributed by atoms with Crippen LogP contribution in [0.3, 0.4) is 0 Å². The number of anilines is 1. The van der Waals surface area contributed by atoms with E-state index < -0.39 is 0 Å². The van der Waals surface area contributed by atoms with Crippen LogP contribution in [0.5, 0.6) is 0 Å². The van der Waals surface area contributed by atoms with Crippen molar-refractivity contribution in [2.24, 2.45) is 0 Å². The smallest absolute Gasteiger partial charge is 0.259 e. The maximum absolute atomic E-state index is 13.0. The van der Waals surface area contributed by atoms with E-state index >= 15 is 0 Å². The first-order chi connectivity index (χ1) is 12.1. The average Bonchev–Trinajstić information content (AvgIpc) is 2.63. The minimum absolute atomic E-state index is 0.258. The summed E-state index contributed by atoms with van der Waals surface area (Å²) in [7, 11) is 0. The lowest BCUT2D eigenvalue weighted by molar-refractivity contribution is 0.102. The number of thioether (sulfide) groups is 1. The molecule has 0 radical (unpaired) electrons. The minimum atomic E-state index is -0.266. The predicted octanol–water partition coefficient (Wildman–Crippen LogP) is 4.47. The van der Waals surface area contributed by atoms with Gasteiger partial charge in [0.1, 0.15) is 16.7 Å². The average molecular weight is 353 g/mol. The summed E-state index contributed by atoms with van der Waals surface area (Å²) in [5.41, 5.74) is 2.47. The molecule has 6 heteroatoms. The summed E-state index contributed by atoms with van der Waals surface area (Å²) < 4.78 is 13.0. The van der Waals surface area contributed by atoms with E-state index in [4.69, 9.17) is 0 Å². The largest absolute Gasteiger partial charge is 0.306 e. The van der Waals surface area contributed by atoms with E-state index in [1.54, 1.807) is 42.7 Å². The van der Waals surface area contributed by atoms with Crippen LogP contribution in [-0.4, -0.2) is 15.9 Å². The molecule has 2 heterocycles. The molecule has 0 atom stereocenters. The second kappa shape index (κ2) is 7.90. The Hall–Kier alpha value is -2.73. The quantitative estimate of drug-likeness (QED) is 0.688. The van der Waals surface area contributed by atoms with Crippen molar-refractivity contribution < 1.29 is 9.18 Å². The van der Waals surface area contributed by atoms with Gasteiger partial charge in [-0.15, -0.1) is 11.8 Å². The number of benzene rings is 1. The van der Waals surface area contributed by atoms with E-state index in [0.29, 0.717) is 22.2 Å². The number of pyridine rings is 2. The first kappa shape index (κ1) is 17.1. The molecule has 0 aliphatic carbocycles. The number of hydrogen-bond acceptors (Lipinski definition) is 4. The van der Waals surface area contributed by atoms with Crippen LogP contribution in [0.15, 0.2) is 66.0 Å². The molecule has 0 saturated heterocycles. The van der Waals surface area contributed by atoms with Gasteiger partial charge in [0.05, 0.1) is 5.56 Å². The Bertz CT molecular complexity index is 867. The van der Waals surface area contributed by atoms with E-state index in [0.717, 1.165) is 11.1 Å². The lowest BCUT2D eigenvalue weighted by Crippen LogP contribution is -2.14. The molecule has 4 nitrogen and oxygen atoms in total. The highest BCUT2D eigenvalue weighted by Crippen LogP contribution is 2.25. The number of halogens is 1. The zero-order chi connectivity index (χ0) is 17.6. The summed E-state index contributed by atoms with van der Waals surface area (Å²) in [6, 6.07) is 13.4. The fourth-order valence-corrected chi connectivity index (χ4v) is 3.08. The van der Waals surface area contributed by atoms with E-state index in [1.807, 2.05) is 13.0 Å². The van der Waals surface area contributed by atoms with Gasteiger partial charge in [0.25, 0.3) is 5.91 Å². The Morgan fingerprint density at radius 3 is 2.64 bits per heavy atom. The van der Waals surface area contributed by atoms with Crippen molar-refractivity contribution in [1.82, 2.24) is 9.97 Å². The maximum atomic E-state index is 13.0. The first-order valence-corrected chi connectivity index (χ1v) is 8.66. The van der Waals surface area contributed by atoms with Crippen molar-refractivity contribution in [3.05, 3.63) is 83.4 Å². The van der Waals surface area contributed by atoms with E-state index in [2.05, 4.69) is 15.3 Å². The van der Waals surface area contributed by atoms with Crippen LogP contribution < -0.4 is 5.32 Å². The van der Waals surface area contributed by atoms with Gasteiger partial charge in [-0.2, -0.15) is 0 Å². The monoisotopic (exact) mass is 353 g/mol. The zero-order valence-electron chi connectivity index (χ0n) is 13.6. The summed E-state index contributed by atoms with van der Waals surface area (Å²) in [6.07, 6.45) is 3.34. The molecule has 1 aromatic carbocycles. The highest BCUT2D eigenvalue weighted by molar-refractivity contribution is 7.98. The Morgan fingerprint density at radius 2 is 1.92 bits per heavy atom. The summed E-state index contributed by atoms with van der Waals surface area (Å²) in [5.74, 6) is 0.567. The van der Waals surface area contributed by atoms with Crippen LogP contribution in [0.1, 0.15) is 21.5 Å². The van der Waals surface area contributed by atoms with Gasteiger partial charge in [-0.3, -0.25) is 4.79 Å². The van der Waals surface area contributed by atoms with Crippen molar-refractivity contribution >= 4 is 23.5 Å². The van der Waals surface area contributed by atoms with Gasteiger partial charge >= 0.3 is 0 Å². The number of amides is 1. The van der Waals surface area contributed by atoms with Gasteiger partial charge in [0.2, 0.25) is 0 Å². The van der Waals surface area contributed by atoms with E-state index in [-0.39, 0.29) is 11.7 Å². The Kier molecular flexibility index (Phi) is 5.40. The molecule has 3 aromatic rings. The number of aryl methyl sites for hydroxylation is 1. The second-order valence-corrected chi connectivity index (χ2v) is 6.41. The number of carbonyl (C=O) groups excluding carboxylic acids is 1. The van der Waals surface area contributed by atoms with Gasteiger partial charge in [-0.25, -0.2) is 14.4 Å². The van der Waals surface area contributed by atoms with Crippen LogP contribution in [0.4, 0.5) is 10.2 Å². The topological polar surface area (TPSA) is 54.9 Å². The lowest BCUT2D eigenvalue weighted by Gasteiger charge is -2.09. The highest BCUT2D eigenvalue weighted by Gasteiger charge is 2.13. The van der Waals surface area contributed by atoms with Gasteiger partial charge in [-0.05, 0) is 48.4 Å². The van der Waals surface area contributed by atoms with Gasteiger partial charge < -0.3 is 5.32 Å². The van der Waals surface area contributed by atoms with Crippen molar-refractivity contribution in [3.63, 3.8) is 0 Å². The maximum Gasteiger partial charge on any atom is 0.259 e. The highest BCUT2D eigenvalue weighted by atomic mass is 32.2. The van der Waals surface area contributed by atoms with Crippen molar-refractivity contribution in [2.75, 3.05) is 5.32 Å². The van der Waals surface area contributed by atoms with Crippen LogP contribution in [0.2, 0.25) is 0 Å². The molecular formula is C19H16FN3OS. The molecule has 0 aliphatic rings. The Morgan fingerprint density at radius 1 is 1.12 bits per heavy atom. The number of rotatable bonds is 5. The van der Waals surface area contributed by atoms with Crippen molar-refractivity contribution in [1.29, 1.82) is 0 Å². The van der Waals surface area contributed by atoms with Gasteiger partial charge in [-0.1, -0.05) is 18.2 Å². The third kappa shape index (κ3) is 4.64. The zero-order valence-corrected chi connectivity index (χ0v) is 14.4. The molecule has 2 aromatic heterocycles. The molecule has 0 bridgehead atoms. The molecule has 0 saturated carbocycles. The molecular weight excluding hydrogens is 337 g/mol.